The third kappa shape index (κ3) is 3.36. The van der Waals surface area contributed by atoms with Crippen LogP contribution in [0.15, 0.2) is 30.3 Å². The second-order valence-corrected chi connectivity index (χ2v) is 10.8. The predicted molar refractivity (Wildman–Crippen MR) is 136 cm³/mol. The molecule has 3 aliphatic carbocycles. The first kappa shape index (κ1) is 25.7. The van der Waals surface area contributed by atoms with Crippen LogP contribution in [0.25, 0.3) is 11.1 Å². The van der Waals surface area contributed by atoms with Crippen molar-refractivity contribution in [1.82, 2.24) is 4.90 Å². The molecule has 1 amide bonds. The molecule has 0 spiro atoms. The highest BCUT2D eigenvalue weighted by atomic mass is 16.3. The van der Waals surface area contributed by atoms with Crippen molar-refractivity contribution in [3.63, 3.8) is 0 Å². The zero-order valence-electron chi connectivity index (χ0n) is 21.2. The molecular formula is C28H29N3O7. The topological polar surface area (TPSA) is 181 Å². The number of primary amides is 1. The van der Waals surface area contributed by atoms with Crippen LogP contribution in [0.1, 0.15) is 27.9 Å². The number of aromatic hydroxyl groups is 1. The van der Waals surface area contributed by atoms with E-state index >= 15 is 0 Å². The van der Waals surface area contributed by atoms with Crippen molar-refractivity contribution in [3.8, 4) is 16.9 Å². The minimum Gasteiger partial charge on any atom is -0.507 e. The molecule has 2 unspecified atom stereocenters. The Morgan fingerprint density at radius 1 is 1.08 bits per heavy atom. The number of benzene rings is 2. The lowest BCUT2D eigenvalue weighted by Gasteiger charge is -2.52. The molecule has 10 nitrogen and oxygen atoms in total. The van der Waals surface area contributed by atoms with Crippen molar-refractivity contribution in [2.45, 2.75) is 31.4 Å². The van der Waals surface area contributed by atoms with E-state index in [0.717, 1.165) is 11.1 Å². The van der Waals surface area contributed by atoms with Gasteiger partial charge in [-0.1, -0.05) is 18.2 Å². The maximum atomic E-state index is 13.9. The number of fused-ring (bicyclic) bond motifs is 3. The molecule has 0 saturated heterocycles. The molecule has 3 aliphatic rings. The minimum absolute atomic E-state index is 0.00493. The van der Waals surface area contributed by atoms with Gasteiger partial charge in [-0.15, -0.1) is 0 Å². The molecule has 198 valence electrons. The number of nitrogen functional groups attached to an aromatic ring is 1. The lowest BCUT2D eigenvalue weighted by molar-refractivity contribution is -0.181. The number of ketones is 4. The number of Topliss-reactive ketones (excluding diaryl/α,β-unsaturated/α-hetero) is 4. The molecule has 0 heterocycles. The van der Waals surface area contributed by atoms with Crippen LogP contribution in [-0.4, -0.2) is 69.9 Å². The van der Waals surface area contributed by atoms with Crippen molar-refractivity contribution in [3.05, 3.63) is 47.0 Å². The van der Waals surface area contributed by atoms with Crippen LogP contribution in [0.4, 0.5) is 5.69 Å². The summed E-state index contributed by atoms with van der Waals surface area (Å²) in [6.07, 6.45) is 0.179. The second-order valence-electron chi connectivity index (χ2n) is 10.8. The summed E-state index contributed by atoms with van der Waals surface area (Å²) >= 11 is 0. The van der Waals surface area contributed by atoms with Crippen LogP contribution in [0, 0.1) is 30.6 Å². The maximum absolute atomic E-state index is 13.9. The Hall–Kier alpha value is -3.89. The lowest BCUT2D eigenvalue weighted by atomic mass is 9.52. The van der Waals surface area contributed by atoms with Gasteiger partial charge in [0, 0.05) is 11.6 Å². The number of aliphatic hydroxyl groups is 1. The number of amides is 1. The fourth-order valence-corrected chi connectivity index (χ4v) is 6.68. The van der Waals surface area contributed by atoms with Gasteiger partial charge in [-0.25, -0.2) is 0 Å². The zero-order chi connectivity index (χ0) is 27.8. The molecule has 0 bridgehead atoms. The van der Waals surface area contributed by atoms with Gasteiger partial charge >= 0.3 is 0 Å². The van der Waals surface area contributed by atoms with E-state index in [9.17, 15) is 34.2 Å². The number of nitrogens with zero attached hydrogens (tertiary/aromatic N) is 1. The standard InChI is InChI=1S/C28H29N3O7/c1-11-4-5-12(10-17(11)29)14-6-7-18(32)20-15(14)8-13-9-16-22(31(2)3)24(34)21(27(30)37)26(36)28(16,38)25(35)19(13)23(20)33/h4-7,10,13,16,19,21-22,32,38H,8-9,29H2,1-3H3,(H2,30,37)/t13-,16-,19?,21?,22-,28-/m0/s1. The van der Waals surface area contributed by atoms with Crippen LogP contribution in [0.2, 0.25) is 0 Å². The highest BCUT2D eigenvalue weighted by Gasteiger charge is 2.69. The van der Waals surface area contributed by atoms with Gasteiger partial charge in [-0.2, -0.15) is 0 Å². The smallest absolute Gasteiger partial charge is 0.235 e. The van der Waals surface area contributed by atoms with Gasteiger partial charge in [-0.05, 0) is 74.2 Å². The number of likely N-dealkylation sites (N-methyl/N-ethyl adjacent to an activating group) is 1. The summed E-state index contributed by atoms with van der Waals surface area (Å²) in [6.45, 7) is 1.87. The third-order valence-electron chi connectivity index (χ3n) is 8.54. The van der Waals surface area contributed by atoms with E-state index in [0.29, 0.717) is 16.8 Å². The number of carbonyl (C=O) groups excluding carboxylic acids is 5. The van der Waals surface area contributed by atoms with E-state index in [1.54, 1.807) is 26.2 Å². The van der Waals surface area contributed by atoms with E-state index in [2.05, 4.69) is 0 Å². The summed E-state index contributed by atoms with van der Waals surface area (Å²) in [5, 5.41) is 22.3. The summed E-state index contributed by atoms with van der Waals surface area (Å²) in [5.41, 5.74) is 12.0. The number of hydrogen-bond acceptors (Lipinski definition) is 9. The highest BCUT2D eigenvalue weighted by Crippen LogP contribution is 2.51. The Morgan fingerprint density at radius 2 is 1.76 bits per heavy atom. The first-order valence-electron chi connectivity index (χ1n) is 12.4. The van der Waals surface area contributed by atoms with Gasteiger partial charge in [0.25, 0.3) is 0 Å². The van der Waals surface area contributed by atoms with Gasteiger partial charge in [-0.3, -0.25) is 28.9 Å². The van der Waals surface area contributed by atoms with E-state index in [1.165, 1.54) is 11.0 Å². The van der Waals surface area contributed by atoms with Gasteiger partial charge in [0.2, 0.25) is 5.91 Å². The first-order chi connectivity index (χ1) is 17.8. The molecule has 38 heavy (non-hydrogen) atoms. The first-order valence-corrected chi connectivity index (χ1v) is 12.4. The molecule has 0 aromatic heterocycles. The van der Waals surface area contributed by atoms with Gasteiger partial charge < -0.3 is 21.7 Å². The number of phenols is 1. The van der Waals surface area contributed by atoms with Crippen molar-refractivity contribution >= 4 is 34.7 Å². The van der Waals surface area contributed by atoms with Gasteiger partial charge in [0.15, 0.2) is 34.7 Å². The summed E-state index contributed by atoms with van der Waals surface area (Å²) < 4.78 is 0. The van der Waals surface area contributed by atoms with Crippen LogP contribution >= 0.6 is 0 Å². The van der Waals surface area contributed by atoms with Crippen LogP contribution < -0.4 is 11.5 Å². The lowest BCUT2D eigenvalue weighted by Crippen LogP contribution is -2.74. The number of aryl methyl sites for hydroxylation is 1. The largest absolute Gasteiger partial charge is 0.507 e. The molecule has 2 saturated carbocycles. The Balaban J connectivity index is 1.66. The van der Waals surface area contributed by atoms with E-state index in [4.69, 9.17) is 11.5 Å². The normalized spacial score (nSPS) is 30.6. The molecule has 5 rings (SSSR count). The fourth-order valence-electron chi connectivity index (χ4n) is 6.68. The Labute approximate surface area is 218 Å². The summed E-state index contributed by atoms with van der Waals surface area (Å²) in [6, 6.07) is 7.37. The number of carbonyl (C=O) groups is 5. The average molecular weight is 520 g/mol. The molecule has 10 heteroatoms. The van der Waals surface area contributed by atoms with E-state index in [1.807, 2.05) is 19.1 Å². The summed E-state index contributed by atoms with van der Waals surface area (Å²) in [7, 11) is 3.10. The number of hydrogen-bond donors (Lipinski definition) is 4. The number of phenolic OH excluding ortho intramolecular Hbond substituents is 1. The zero-order valence-corrected chi connectivity index (χ0v) is 21.2. The van der Waals surface area contributed by atoms with Crippen molar-refractivity contribution in [2.75, 3.05) is 19.8 Å². The van der Waals surface area contributed by atoms with Crippen molar-refractivity contribution in [2.24, 2.45) is 29.4 Å². The van der Waals surface area contributed by atoms with E-state index in [-0.39, 0.29) is 24.2 Å². The molecule has 6 N–H and O–H groups in total. The Morgan fingerprint density at radius 3 is 2.37 bits per heavy atom. The maximum Gasteiger partial charge on any atom is 0.235 e. The molecule has 0 aliphatic heterocycles. The monoisotopic (exact) mass is 519 g/mol. The number of nitrogens with two attached hydrogens (primary N) is 2. The highest BCUT2D eigenvalue weighted by molar-refractivity contribution is 6.32. The number of rotatable bonds is 3. The molecule has 2 fully saturated rings. The van der Waals surface area contributed by atoms with Crippen molar-refractivity contribution in [1.29, 1.82) is 0 Å². The van der Waals surface area contributed by atoms with Gasteiger partial charge in [0.1, 0.15) is 5.75 Å². The quantitative estimate of drug-likeness (QED) is 0.330. The summed E-state index contributed by atoms with van der Waals surface area (Å²) in [5.74, 6) is -10.7. The SMILES string of the molecule is Cc1ccc(-c2ccc(O)c3c2C[C@H]2C[C@H]4[C@H](N(C)C)C(=O)C(C(N)=O)C(=O)[C@@]4(O)C(=O)C2C3=O)cc1N. The summed E-state index contributed by atoms with van der Waals surface area (Å²) in [4.78, 5) is 67.7. The fraction of sp³-hybridized carbons (Fsp3) is 0.393. The average Bonchev–Trinajstić information content (AvgIpc) is 2.83. The second kappa shape index (κ2) is 8.57. The van der Waals surface area contributed by atoms with Gasteiger partial charge in [0.05, 0.1) is 17.5 Å². The molecule has 2 aromatic carbocycles. The molecule has 0 radical (unpaired) electrons. The van der Waals surface area contributed by atoms with Crippen LogP contribution in [0.5, 0.6) is 5.75 Å². The van der Waals surface area contributed by atoms with Crippen LogP contribution in [0.3, 0.4) is 0 Å². The minimum atomic E-state index is -2.74. The number of anilines is 1. The molecular weight excluding hydrogens is 490 g/mol. The Bertz CT molecular complexity index is 1450. The van der Waals surface area contributed by atoms with E-state index < -0.39 is 64.4 Å². The third-order valence-corrected chi connectivity index (χ3v) is 8.54. The molecule has 2 aromatic rings. The predicted octanol–water partition coefficient (Wildman–Crippen LogP) is 0.425. The molecule has 6 atom stereocenters. The Kier molecular flexibility index (Phi) is 5.81. The van der Waals surface area contributed by atoms with Crippen molar-refractivity contribution < 1.29 is 34.2 Å². The van der Waals surface area contributed by atoms with Crippen LogP contribution in [-0.2, 0) is 25.6 Å².